The first kappa shape index (κ1) is 8.96. The second-order valence-corrected chi connectivity index (χ2v) is 2.94. The van der Waals surface area contributed by atoms with Crippen LogP contribution in [-0.4, -0.2) is 12.2 Å². The highest BCUT2D eigenvalue weighted by atomic mass is 35.5. The molecule has 0 saturated heterocycles. The van der Waals surface area contributed by atoms with Gasteiger partial charge in [0.25, 0.3) is 0 Å². The summed E-state index contributed by atoms with van der Waals surface area (Å²) in [5, 5.41) is 0. The number of aldehydes is 1. The van der Waals surface area contributed by atoms with Crippen LogP contribution in [0.2, 0.25) is 0 Å². The van der Waals surface area contributed by atoms with Crippen molar-refractivity contribution < 1.29 is 4.79 Å². The van der Waals surface area contributed by atoms with Crippen LogP contribution in [-0.2, 0) is 4.79 Å². The lowest BCUT2D eigenvalue weighted by Gasteiger charge is -2.18. The normalized spacial score (nSPS) is 16.8. The second-order valence-electron chi connectivity index (χ2n) is 2.56. The molecular formula is C7H13ClO. The predicted octanol–water partition coefficient (Wildman–Crippen LogP) is 2.23. The van der Waals surface area contributed by atoms with E-state index in [9.17, 15) is 4.79 Å². The summed E-state index contributed by atoms with van der Waals surface area (Å²) in [5.74, 6) is 0.573. The fraction of sp³-hybridized carbons (Fsp3) is 0.857. The topological polar surface area (TPSA) is 17.1 Å². The van der Waals surface area contributed by atoms with Gasteiger partial charge in [-0.15, -0.1) is 11.6 Å². The number of carbonyl (C=O) groups excluding carboxylic acids is 1. The van der Waals surface area contributed by atoms with Crippen LogP contribution in [0.5, 0.6) is 0 Å². The average Bonchev–Trinajstić information content (AvgIpc) is 1.89. The predicted molar refractivity (Wildman–Crippen MR) is 39.8 cm³/mol. The number of alkyl halides is 1. The third-order valence-corrected chi connectivity index (χ3v) is 1.95. The van der Waals surface area contributed by atoms with Gasteiger partial charge in [-0.3, -0.25) is 0 Å². The van der Waals surface area contributed by atoms with Crippen LogP contribution in [0, 0.1) is 5.41 Å². The zero-order chi connectivity index (χ0) is 7.33. The minimum Gasteiger partial charge on any atom is -0.303 e. The van der Waals surface area contributed by atoms with Gasteiger partial charge in [0.1, 0.15) is 6.29 Å². The number of hydrogen-bond donors (Lipinski definition) is 0. The van der Waals surface area contributed by atoms with E-state index in [0.29, 0.717) is 5.88 Å². The van der Waals surface area contributed by atoms with Crippen molar-refractivity contribution in [2.75, 3.05) is 5.88 Å². The Morgan fingerprint density at radius 2 is 2.22 bits per heavy atom. The summed E-state index contributed by atoms with van der Waals surface area (Å²) in [6.45, 7) is 3.93. The van der Waals surface area contributed by atoms with Crippen molar-refractivity contribution in [3.63, 3.8) is 0 Å². The monoisotopic (exact) mass is 148 g/mol. The van der Waals surface area contributed by atoms with Gasteiger partial charge >= 0.3 is 0 Å². The van der Waals surface area contributed by atoms with Crippen molar-refractivity contribution in [1.82, 2.24) is 0 Å². The average molecular weight is 149 g/mol. The SMILES string of the molecule is CCC(C)(C=O)CCCl. The molecule has 0 radical (unpaired) electrons. The highest BCUT2D eigenvalue weighted by molar-refractivity contribution is 6.17. The first-order valence-electron chi connectivity index (χ1n) is 3.21. The number of halogens is 1. The van der Waals surface area contributed by atoms with Crippen molar-refractivity contribution in [1.29, 1.82) is 0 Å². The van der Waals surface area contributed by atoms with Crippen molar-refractivity contribution >= 4 is 17.9 Å². The van der Waals surface area contributed by atoms with Crippen LogP contribution < -0.4 is 0 Å². The molecule has 0 rings (SSSR count). The molecule has 1 unspecified atom stereocenters. The summed E-state index contributed by atoms with van der Waals surface area (Å²) < 4.78 is 0. The lowest BCUT2D eigenvalue weighted by molar-refractivity contribution is -0.115. The van der Waals surface area contributed by atoms with Crippen LogP contribution in [0.1, 0.15) is 26.7 Å². The second kappa shape index (κ2) is 3.89. The fourth-order valence-electron chi connectivity index (χ4n) is 0.535. The van der Waals surface area contributed by atoms with Gasteiger partial charge in [-0.05, 0) is 12.8 Å². The first-order valence-corrected chi connectivity index (χ1v) is 3.74. The molecule has 0 aromatic rings. The van der Waals surface area contributed by atoms with Gasteiger partial charge in [-0.2, -0.15) is 0 Å². The quantitative estimate of drug-likeness (QED) is 0.442. The van der Waals surface area contributed by atoms with Crippen LogP contribution in [0.3, 0.4) is 0 Å². The largest absolute Gasteiger partial charge is 0.303 e. The van der Waals surface area contributed by atoms with Gasteiger partial charge in [0.05, 0.1) is 0 Å². The van der Waals surface area contributed by atoms with Gasteiger partial charge < -0.3 is 4.79 Å². The molecule has 0 aromatic carbocycles. The van der Waals surface area contributed by atoms with E-state index in [1.807, 2.05) is 13.8 Å². The molecule has 0 N–H and O–H groups in total. The summed E-state index contributed by atoms with van der Waals surface area (Å²) in [6, 6.07) is 0. The highest BCUT2D eigenvalue weighted by Gasteiger charge is 2.19. The Morgan fingerprint density at radius 1 is 1.67 bits per heavy atom. The van der Waals surface area contributed by atoms with E-state index in [-0.39, 0.29) is 5.41 Å². The molecule has 0 spiro atoms. The molecule has 0 aliphatic rings. The zero-order valence-electron chi connectivity index (χ0n) is 5.98. The van der Waals surface area contributed by atoms with Crippen molar-refractivity contribution in [3.05, 3.63) is 0 Å². The zero-order valence-corrected chi connectivity index (χ0v) is 6.74. The molecule has 0 bridgehead atoms. The molecule has 1 atom stereocenters. The number of rotatable bonds is 4. The van der Waals surface area contributed by atoms with E-state index < -0.39 is 0 Å². The molecule has 0 aliphatic carbocycles. The minimum atomic E-state index is -0.179. The molecule has 0 heterocycles. The molecule has 0 aliphatic heterocycles. The van der Waals surface area contributed by atoms with Gasteiger partial charge in [-0.25, -0.2) is 0 Å². The lowest BCUT2D eigenvalue weighted by atomic mass is 9.87. The first-order chi connectivity index (χ1) is 4.18. The van der Waals surface area contributed by atoms with Crippen LogP contribution in [0.25, 0.3) is 0 Å². The summed E-state index contributed by atoms with van der Waals surface area (Å²) in [4.78, 5) is 10.4. The van der Waals surface area contributed by atoms with Crippen LogP contribution in [0.4, 0.5) is 0 Å². The molecule has 0 aromatic heterocycles. The summed E-state index contributed by atoms with van der Waals surface area (Å²) >= 11 is 5.48. The lowest BCUT2D eigenvalue weighted by Crippen LogP contribution is -2.17. The van der Waals surface area contributed by atoms with E-state index >= 15 is 0 Å². The van der Waals surface area contributed by atoms with Gasteiger partial charge in [0.2, 0.25) is 0 Å². The highest BCUT2D eigenvalue weighted by Crippen LogP contribution is 2.22. The summed E-state index contributed by atoms with van der Waals surface area (Å²) in [5.41, 5.74) is -0.179. The Balaban J connectivity index is 3.76. The summed E-state index contributed by atoms with van der Waals surface area (Å²) in [7, 11) is 0. The molecule has 0 saturated carbocycles. The molecule has 54 valence electrons. The van der Waals surface area contributed by atoms with E-state index in [0.717, 1.165) is 19.1 Å². The number of hydrogen-bond acceptors (Lipinski definition) is 1. The van der Waals surface area contributed by atoms with Gasteiger partial charge in [-0.1, -0.05) is 13.8 Å². The molecule has 9 heavy (non-hydrogen) atoms. The maximum atomic E-state index is 10.4. The fourth-order valence-corrected chi connectivity index (χ4v) is 0.967. The van der Waals surface area contributed by atoms with Crippen LogP contribution in [0.15, 0.2) is 0 Å². The Kier molecular flexibility index (Phi) is 3.87. The molecule has 0 fully saturated rings. The van der Waals surface area contributed by atoms with Gasteiger partial charge in [0, 0.05) is 11.3 Å². The molecule has 1 nitrogen and oxygen atoms in total. The molecular weight excluding hydrogens is 136 g/mol. The third-order valence-electron chi connectivity index (χ3n) is 1.76. The maximum absolute atomic E-state index is 10.4. The third kappa shape index (κ3) is 2.85. The molecule has 2 heteroatoms. The Bertz CT molecular complexity index is 92.9. The minimum absolute atomic E-state index is 0.179. The Morgan fingerprint density at radius 3 is 2.33 bits per heavy atom. The van der Waals surface area contributed by atoms with Crippen molar-refractivity contribution in [2.24, 2.45) is 5.41 Å². The standard InChI is InChI=1S/C7H13ClO/c1-3-7(2,6-9)4-5-8/h6H,3-5H2,1-2H3. The van der Waals surface area contributed by atoms with Crippen LogP contribution >= 0.6 is 11.6 Å². The molecule has 0 amide bonds. The maximum Gasteiger partial charge on any atom is 0.125 e. The van der Waals surface area contributed by atoms with E-state index in [1.54, 1.807) is 0 Å². The van der Waals surface area contributed by atoms with Crippen molar-refractivity contribution in [2.45, 2.75) is 26.7 Å². The summed E-state index contributed by atoms with van der Waals surface area (Å²) in [6.07, 6.45) is 2.66. The Hall–Kier alpha value is -0.0400. The number of carbonyl (C=O) groups is 1. The van der Waals surface area contributed by atoms with Crippen molar-refractivity contribution in [3.8, 4) is 0 Å². The Labute approximate surface area is 61.4 Å². The van der Waals surface area contributed by atoms with E-state index in [4.69, 9.17) is 11.6 Å². The van der Waals surface area contributed by atoms with Gasteiger partial charge in [0.15, 0.2) is 0 Å². The smallest absolute Gasteiger partial charge is 0.125 e. The van der Waals surface area contributed by atoms with E-state index in [1.165, 1.54) is 0 Å². The van der Waals surface area contributed by atoms with E-state index in [2.05, 4.69) is 0 Å².